The van der Waals surface area contributed by atoms with Gasteiger partial charge in [-0.2, -0.15) is 0 Å². The van der Waals surface area contributed by atoms with Gasteiger partial charge in [-0.1, -0.05) is 24.3 Å². The maximum atomic E-state index is 13.8. The van der Waals surface area contributed by atoms with E-state index < -0.39 is 31.3 Å². The van der Waals surface area contributed by atoms with Gasteiger partial charge in [-0.3, -0.25) is 33.5 Å². The van der Waals surface area contributed by atoms with Gasteiger partial charge >= 0.3 is 0 Å². The number of amides is 4. The third kappa shape index (κ3) is 5.25. The van der Waals surface area contributed by atoms with Crippen LogP contribution < -0.4 is 15.3 Å². The van der Waals surface area contributed by atoms with Gasteiger partial charge in [0, 0.05) is 39.3 Å². The summed E-state index contributed by atoms with van der Waals surface area (Å²) in [7, 11) is -3.48. The predicted octanol–water partition coefficient (Wildman–Crippen LogP) is -1.21. The number of hydrogen-bond acceptors (Lipinski definition) is 9. The number of ether oxygens (including phenoxy) is 4. The van der Waals surface area contributed by atoms with E-state index in [1.807, 2.05) is 31.2 Å². The maximum Gasteiger partial charge on any atom is 0.279 e. The van der Waals surface area contributed by atoms with Gasteiger partial charge in [-0.05, 0) is 6.92 Å². The first-order valence-corrected chi connectivity index (χ1v) is 15.9. The van der Waals surface area contributed by atoms with Crippen molar-refractivity contribution in [2.75, 3.05) is 59.2 Å². The predicted molar refractivity (Wildman–Crippen MR) is 142 cm³/mol. The lowest BCUT2D eigenvalue weighted by Crippen LogP contribution is -2.43. The Bertz CT molecular complexity index is 1060. The van der Waals surface area contributed by atoms with E-state index in [1.54, 1.807) is 0 Å². The van der Waals surface area contributed by atoms with E-state index in [1.165, 1.54) is 9.80 Å². The normalized spacial score (nSPS) is 35.8. The molecule has 15 heteroatoms. The average molecular weight is 594 g/mol. The molecule has 0 aliphatic carbocycles. The van der Waals surface area contributed by atoms with E-state index in [-0.39, 0.29) is 87.4 Å². The molecule has 3 N–H and O–H groups in total. The van der Waals surface area contributed by atoms with Crippen molar-refractivity contribution < 1.29 is 42.7 Å². The second-order valence-corrected chi connectivity index (χ2v) is 13.0. The molecule has 8 unspecified atom stereocenters. The summed E-state index contributed by atoms with van der Waals surface area (Å²) in [6, 6.07) is 0. The van der Waals surface area contributed by atoms with Crippen LogP contribution in [0.1, 0.15) is 6.92 Å². The summed E-state index contributed by atoms with van der Waals surface area (Å²) in [5, 5.41) is 8.81. The van der Waals surface area contributed by atoms with Gasteiger partial charge in [0.1, 0.15) is 0 Å². The molecule has 14 nitrogen and oxygen atoms in total. The second kappa shape index (κ2) is 11.8. The largest absolute Gasteiger partial charge is 0.379 e. The lowest BCUT2D eigenvalue weighted by atomic mass is 9.85. The zero-order chi connectivity index (χ0) is 28.7. The van der Waals surface area contributed by atoms with Crippen molar-refractivity contribution in [1.82, 2.24) is 25.1 Å². The number of hydrogen-bond donors (Lipinski definition) is 3. The fourth-order valence-corrected chi connectivity index (χ4v) is 8.19. The van der Waals surface area contributed by atoms with Crippen molar-refractivity contribution in [3.63, 3.8) is 0 Å². The number of rotatable bonds is 16. The first-order valence-electron chi connectivity index (χ1n) is 14.2. The van der Waals surface area contributed by atoms with Crippen molar-refractivity contribution in [2.45, 2.75) is 31.3 Å². The molecular weight excluding hydrogens is 557 g/mol. The number of imide groups is 2. The van der Waals surface area contributed by atoms with Crippen LogP contribution in [-0.2, 0) is 42.7 Å². The molecule has 4 amide bonds. The molecular formula is C26H36N5O9P. The minimum absolute atomic E-state index is 0.0462. The van der Waals surface area contributed by atoms with Gasteiger partial charge in [0.2, 0.25) is 23.6 Å². The molecule has 0 saturated carbocycles. The number of nitrogens with zero attached hydrogens (tertiary/aromatic N) is 2. The molecule has 0 aromatic heterocycles. The van der Waals surface area contributed by atoms with Crippen LogP contribution in [0.3, 0.4) is 0 Å². The fraction of sp³-hybridized carbons (Fsp3) is 0.692. The van der Waals surface area contributed by atoms with Crippen LogP contribution in [0.5, 0.6) is 0 Å². The Kier molecular flexibility index (Phi) is 8.27. The summed E-state index contributed by atoms with van der Waals surface area (Å²) >= 11 is 0. The quantitative estimate of drug-likeness (QED) is 0.0848. The summed E-state index contributed by atoms with van der Waals surface area (Å²) in [6.45, 7) is 4.07. The summed E-state index contributed by atoms with van der Waals surface area (Å²) in [4.78, 5) is 54.1. The minimum atomic E-state index is -3.48. The van der Waals surface area contributed by atoms with Crippen molar-refractivity contribution in [3.8, 4) is 0 Å². The number of carbonyl (C=O) groups excluding carboxylic acids is 4. The topological polar surface area (TPSA) is 165 Å². The molecule has 4 saturated heterocycles. The van der Waals surface area contributed by atoms with Crippen LogP contribution in [0.2, 0.25) is 0 Å². The highest BCUT2D eigenvalue weighted by molar-refractivity contribution is 7.57. The lowest BCUT2D eigenvalue weighted by Gasteiger charge is -2.25. The number of fused-ring (bicyclic) bond motifs is 10. The van der Waals surface area contributed by atoms with E-state index in [9.17, 15) is 23.7 Å². The summed E-state index contributed by atoms with van der Waals surface area (Å²) in [5.74, 6) is -3.11. The molecule has 8 atom stereocenters. The lowest BCUT2D eigenvalue weighted by molar-refractivity contribution is -0.143. The molecule has 4 fully saturated rings. The Morgan fingerprint density at radius 1 is 0.659 bits per heavy atom. The van der Waals surface area contributed by atoms with Crippen molar-refractivity contribution in [1.29, 1.82) is 0 Å². The van der Waals surface area contributed by atoms with Crippen LogP contribution >= 0.6 is 7.59 Å². The SMILES string of the molecule is CCOCCOCCNP(=O)(NCCN1C(=O)C2C3C=CC(O3)C2C1=O)NCCN1C(=O)C2C3C=CC(O3)C2C1=O. The van der Waals surface area contributed by atoms with Crippen LogP contribution in [0.15, 0.2) is 24.3 Å². The molecule has 4 bridgehead atoms. The molecule has 224 valence electrons. The Labute approximate surface area is 237 Å². The van der Waals surface area contributed by atoms with Crippen molar-refractivity contribution in [2.24, 2.45) is 23.7 Å². The molecule has 6 rings (SSSR count). The number of likely N-dealkylation sites (tertiary alicyclic amines) is 2. The third-order valence-electron chi connectivity index (χ3n) is 8.50. The van der Waals surface area contributed by atoms with E-state index in [4.69, 9.17) is 18.9 Å². The van der Waals surface area contributed by atoms with E-state index in [2.05, 4.69) is 15.3 Å². The van der Waals surface area contributed by atoms with E-state index in [0.717, 1.165) is 0 Å². The first-order chi connectivity index (χ1) is 19.8. The Morgan fingerprint density at radius 3 is 1.46 bits per heavy atom. The van der Waals surface area contributed by atoms with E-state index in [0.29, 0.717) is 19.8 Å². The molecule has 6 heterocycles. The Balaban J connectivity index is 1.02. The van der Waals surface area contributed by atoms with E-state index >= 15 is 0 Å². The zero-order valence-electron chi connectivity index (χ0n) is 22.8. The van der Waals surface area contributed by atoms with Gasteiger partial charge in [-0.15, -0.1) is 0 Å². The highest BCUT2D eigenvalue weighted by Crippen LogP contribution is 2.46. The Morgan fingerprint density at radius 2 is 1.05 bits per heavy atom. The van der Waals surface area contributed by atoms with Crippen LogP contribution in [0, 0.1) is 23.7 Å². The molecule has 0 aromatic rings. The standard InChI is InChI=1S/C26H36N5O9P/c1-2-37-13-14-38-12-9-29-41(36,27-7-10-30-23(32)19-15-3-4-16(39-15)20(19)24(30)33)28-8-11-31-25(34)21-17-5-6-18(40-17)22(21)26(31)35/h3-6,15-22H,2,7-14H2,1H3,(H3,27,28,29,36). The highest BCUT2D eigenvalue weighted by atomic mass is 31.2. The van der Waals surface area contributed by atoms with Gasteiger partial charge in [0.25, 0.3) is 7.59 Å². The third-order valence-corrected chi connectivity index (χ3v) is 10.5. The summed E-state index contributed by atoms with van der Waals surface area (Å²) < 4.78 is 35.9. The zero-order valence-corrected chi connectivity index (χ0v) is 23.7. The second-order valence-electron chi connectivity index (χ2n) is 10.8. The Hall–Kier alpha value is -2.29. The van der Waals surface area contributed by atoms with Crippen molar-refractivity contribution in [3.05, 3.63) is 24.3 Å². The molecule has 0 radical (unpaired) electrons. The highest BCUT2D eigenvalue weighted by Gasteiger charge is 2.61. The number of nitrogens with one attached hydrogen (secondary N) is 3. The van der Waals surface area contributed by atoms with Crippen LogP contribution in [0.4, 0.5) is 0 Å². The first kappa shape index (κ1) is 28.8. The molecule has 41 heavy (non-hydrogen) atoms. The van der Waals surface area contributed by atoms with Gasteiger partial charge in [-0.25, -0.2) is 15.3 Å². The van der Waals surface area contributed by atoms with Gasteiger partial charge in [0.15, 0.2) is 0 Å². The summed E-state index contributed by atoms with van der Waals surface area (Å²) in [5.41, 5.74) is 0. The van der Waals surface area contributed by atoms with Gasteiger partial charge in [0.05, 0.1) is 67.9 Å². The summed E-state index contributed by atoms with van der Waals surface area (Å²) in [6.07, 6.45) is 5.83. The van der Waals surface area contributed by atoms with Crippen molar-refractivity contribution >= 4 is 31.2 Å². The molecule has 0 spiro atoms. The average Bonchev–Trinajstić information content (AvgIpc) is 3.80. The molecule has 6 aliphatic rings. The minimum Gasteiger partial charge on any atom is -0.379 e. The fourth-order valence-electron chi connectivity index (χ4n) is 6.62. The van der Waals surface area contributed by atoms with Gasteiger partial charge < -0.3 is 18.9 Å². The van der Waals surface area contributed by atoms with Crippen LogP contribution in [0.25, 0.3) is 0 Å². The smallest absolute Gasteiger partial charge is 0.279 e. The van der Waals surface area contributed by atoms with Crippen LogP contribution in [-0.4, -0.2) is 117 Å². The maximum absolute atomic E-state index is 13.8. The molecule has 6 aliphatic heterocycles. The monoisotopic (exact) mass is 593 g/mol. The number of carbonyl (C=O) groups is 4. The molecule has 0 aromatic carbocycles.